The van der Waals surface area contributed by atoms with Crippen LogP contribution >= 0.6 is 0 Å². The number of halogens is 1. The Balaban J connectivity index is 1.95. The molecule has 2 N–H and O–H groups in total. The van der Waals surface area contributed by atoms with Gasteiger partial charge >= 0.3 is 0 Å². The van der Waals surface area contributed by atoms with Gasteiger partial charge in [-0.05, 0) is 23.8 Å². The second-order valence-corrected chi connectivity index (χ2v) is 4.40. The van der Waals surface area contributed by atoms with Crippen LogP contribution in [0.3, 0.4) is 0 Å². The number of benzene rings is 1. The predicted octanol–water partition coefficient (Wildman–Crippen LogP) is 2.99. The third-order valence-corrected chi connectivity index (χ3v) is 2.95. The standard InChI is InChI=1S/C15H10FN3O3/c16-10-3-1-2-9(6-10)11-4-5-22-14(11)12(20)7-13(21)15-17-8-18-19-15/h1-8,21H,(H,17,18,19). The van der Waals surface area contributed by atoms with Gasteiger partial charge in [0.05, 0.1) is 6.26 Å². The second-order valence-electron chi connectivity index (χ2n) is 4.40. The van der Waals surface area contributed by atoms with Gasteiger partial charge in [-0.3, -0.25) is 9.89 Å². The SMILES string of the molecule is O=C(C=C(O)c1ncn[nH]1)c1occc1-c1cccc(F)c1. The van der Waals surface area contributed by atoms with Crippen molar-refractivity contribution in [2.24, 2.45) is 0 Å². The molecule has 2 heterocycles. The fourth-order valence-electron chi connectivity index (χ4n) is 1.97. The fraction of sp³-hybridized carbons (Fsp3) is 0. The molecule has 110 valence electrons. The summed E-state index contributed by atoms with van der Waals surface area (Å²) in [6.07, 6.45) is 3.49. The van der Waals surface area contributed by atoms with Crippen molar-refractivity contribution in [1.29, 1.82) is 0 Å². The van der Waals surface area contributed by atoms with Gasteiger partial charge in [0.15, 0.2) is 17.3 Å². The highest BCUT2D eigenvalue weighted by Gasteiger charge is 2.17. The highest BCUT2D eigenvalue weighted by atomic mass is 19.1. The van der Waals surface area contributed by atoms with Crippen LogP contribution in [-0.4, -0.2) is 26.1 Å². The predicted molar refractivity (Wildman–Crippen MR) is 75.4 cm³/mol. The van der Waals surface area contributed by atoms with Gasteiger partial charge in [-0.2, -0.15) is 5.10 Å². The lowest BCUT2D eigenvalue weighted by Crippen LogP contribution is -1.98. The molecule has 0 saturated heterocycles. The highest BCUT2D eigenvalue weighted by Crippen LogP contribution is 2.26. The normalized spacial score (nSPS) is 11.6. The molecule has 0 fully saturated rings. The summed E-state index contributed by atoms with van der Waals surface area (Å²) in [7, 11) is 0. The fourth-order valence-corrected chi connectivity index (χ4v) is 1.97. The van der Waals surface area contributed by atoms with Gasteiger partial charge < -0.3 is 9.52 Å². The first-order valence-corrected chi connectivity index (χ1v) is 6.29. The number of aliphatic hydroxyl groups excluding tert-OH is 1. The summed E-state index contributed by atoms with van der Waals surface area (Å²) in [6.45, 7) is 0. The van der Waals surface area contributed by atoms with Crippen molar-refractivity contribution in [1.82, 2.24) is 15.2 Å². The molecule has 6 nitrogen and oxygen atoms in total. The number of H-pyrrole nitrogens is 1. The van der Waals surface area contributed by atoms with E-state index in [0.717, 1.165) is 6.08 Å². The number of nitrogens with zero attached hydrogens (tertiary/aromatic N) is 2. The van der Waals surface area contributed by atoms with Crippen LogP contribution in [0.1, 0.15) is 16.4 Å². The number of aromatic nitrogens is 3. The van der Waals surface area contributed by atoms with Gasteiger partial charge in [0, 0.05) is 11.6 Å². The van der Waals surface area contributed by atoms with Crippen LogP contribution in [0, 0.1) is 5.82 Å². The van der Waals surface area contributed by atoms with Crippen LogP contribution in [-0.2, 0) is 0 Å². The lowest BCUT2D eigenvalue weighted by Gasteiger charge is -2.01. The first-order valence-electron chi connectivity index (χ1n) is 6.29. The van der Waals surface area contributed by atoms with Crippen molar-refractivity contribution in [3.05, 3.63) is 66.4 Å². The molecule has 2 aromatic heterocycles. The summed E-state index contributed by atoms with van der Waals surface area (Å²) in [6, 6.07) is 7.35. The van der Waals surface area contributed by atoms with Crippen LogP contribution < -0.4 is 0 Å². The number of ketones is 1. The summed E-state index contributed by atoms with van der Waals surface area (Å²) in [5.74, 6) is -1.30. The Kier molecular flexibility index (Phi) is 3.53. The van der Waals surface area contributed by atoms with Gasteiger partial charge in [-0.25, -0.2) is 9.37 Å². The molecule has 22 heavy (non-hydrogen) atoms. The highest BCUT2D eigenvalue weighted by molar-refractivity contribution is 6.09. The third kappa shape index (κ3) is 2.64. The molecule has 0 aliphatic carbocycles. The molecular weight excluding hydrogens is 289 g/mol. The number of aliphatic hydroxyl groups is 1. The van der Waals surface area contributed by atoms with Crippen molar-refractivity contribution in [3.8, 4) is 11.1 Å². The molecule has 7 heteroatoms. The molecule has 0 amide bonds. The first-order chi connectivity index (χ1) is 10.6. The van der Waals surface area contributed by atoms with E-state index in [0.29, 0.717) is 11.1 Å². The van der Waals surface area contributed by atoms with Gasteiger partial charge in [0.25, 0.3) is 0 Å². The number of hydrogen-bond acceptors (Lipinski definition) is 5. The molecule has 3 rings (SSSR count). The minimum atomic E-state index is -0.571. The number of carbonyl (C=O) groups excluding carboxylic acids is 1. The number of furan rings is 1. The Hall–Kier alpha value is -3.22. The largest absolute Gasteiger partial charge is 0.504 e. The van der Waals surface area contributed by atoms with Gasteiger partial charge in [-0.15, -0.1) is 0 Å². The maximum atomic E-state index is 13.3. The van der Waals surface area contributed by atoms with E-state index in [1.165, 1.54) is 30.8 Å². The summed E-state index contributed by atoms with van der Waals surface area (Å²) < 4.78 is 18.5. The van der Waals surface area contributed by atoms with Crippen molar-refractivity contribution in [2.75, 3.05) is 0 Å². The smallest absolute Gasteiger partial charge is 0.225 e. The molecule has 1 aromatic carbocycles. The van der Waals surface area contributed by atoms with Crippen LogP contribution in [0.4, 0.5) is 4.39 Å². The van der Waals surface area contributed by atoms with E-state index in [2.05, 4.69) is 15.2 Å². The van der Waals surface area contributed by atoms with Crippen LogP contribution in [0.25, 0.3) is 16.9 Å². The number of aromatic amines is 1. The van der Waals surface area contributed by atoms with Crippen LogP contribution in [0.15, 0.2) is 53.4 Å². The van der Waals surface area contributed by atoms with Crippen molar-refractivity contribution in [3.63, 3.8) is 0 Å². The molecule has 0 aliphatic heterocycles. The molecule has 0 radical (unpaired) electrons. The van der Waals surface area contributed by atoms with E-state index in [1.807, 2.05) is 0 Å². The number of nitrogens with one attached hydrogen (secondary N) is 1. The summed E-state index contributed by atoms with van der Waals surface area (Å²) in [4.78, 5) is 15.9. The minimum absolute atomic E-state index is 0.00309. The molecule has 0 unspecified atom stereocenters. The zero-order valence-corrected chi connectivity index (χ0v) is 11.2. The topological polar surface area (TPSA) is 92.0 Å². The Morgan fingerprint density at radius 1 is 1.36 bits per heavy atom. The Morgan fingerprint density at radius 2 is 2.23 bits per heavy atom. The maximum absolute atomic E-state index is 13.3. The maximum Gasteiger partial charge on any atom is 0.225 e. The zero-order valence-electron chi connectivity index (χ0n) is 11.2. The molecule has 0 saturated carbocycles. The van der Waals surface area contributed by atoms with E-state index < -0.39 is 11.6 Å². The lowest BCUT2D eigenvalue weighted by molar-refractivity contribution is 0.102. The summed E-state index contributed by atoms with van der Waals surface area (Å²) >= 11 is 0. The zero-order chi connectivity index (χ0) is 15.5. The van der Waals surface area contributed by atoms with Gasteiger partial charge in [0.2, 0.25) is 5.78 Å². The van der Waals surface area contributed by atoms with Crippen molar-refractivity contribution < 1.29 is 18.7 Å². The second kappa shape index (κ2) is 5.65. The Bertz CT molecular complexity index is 837. The number of carbonyl (C=O) groups is 1. The van der Waals surface area contributed by atoms with Crippen molar-refractivity contribution in [2.45, 2.75) is 0 Å². The van der Waals surface area contributed by atoms with E-state index >= 15 is 0 Å². The monoisotopic (exact) mass is 299 g/mol. The van der Waals surface area contributed by atoms with Gasteiger partial charge in [0.1, 0.15) is 12.1 Å². The van der Waals surface area contributed by atoms with Gasteiger partial charge in [-0.1, -0.05) is 12.1 Å². The lowest BCUT2D eigenvalue weighted by atomic mass is 10.0. The summed E-state index contributed by atoms with van der Waals surface area (Å²) in [5, 5.41) is 15.8. The third-order valence-electron chi connectivity index (χ3n) is 2.95. The van der Waals surface area contributed by atoms with Crippen LogP contribution in [0.2, 0.25) is 0 Å². The van der Waals surface area contributed by atoms with E-state index in [9.17, 15) is 14.3 Å². The van der Waals surface area contributed by atoms with Crippen LogP contribution in [0.5, 0.6) is 0 Å². The number of hydrogen-bond donors (Lipinski definition) is 2. The minimum Gasteiger partial charge on any atom is -0.504 e. The molecule has 0 bridgehead atoms. The molecular formula is C15H10FN3O3. The molecule has 3 aromatic rings. The number of rotatable bonds is 4. The molecule has 0 spiro atoms. The molecule has 0 atom stereocenters. The summed E-state index contributed by atoms with van der Waals surface area (Å²) in [5.41, 5.74) is 0.941. The number of allylic oxidation sites excluding steroid dienone is 1. The van der Waals surface area contributed by atoms with E-state index in [1.54, 1.807) is 12.1 Å². The quantitative estimate of drug-likeness (QED) is 0.439. The average Bonchev–Trinajstić information content (AvgIpc) is 3.18. The van der Waals surface area contributed by atoms with E-state index in [4.69, 9.17) is 4.42 Å². The van der Waals surface area contributed by atoms with Crippen molar-refractivity contribution >= 4 is 11.5 Å². The Labute approximate surface area is 123 Å². The first kappa shape index (κ1) is 13.7. The molecule has 0 aliphatic rings. The Morgan fingerprint density at radius 3 is 2.95 bits per heavy atom. The van der Waals surface area contributed by atoms with E-state index in [-0.39, 0.29) is 17.3 Å². The average molecular weight is 299 g/mol.